The summed E-state index contributed by atoms with van der Waals surface area (Å²) in [4.78, 5) is 21.4. The van der Waals surface area contributed by atoms with Gasteiger partial charge in [-0.2, -0.15) is 0 Å². The van der Waals surface area contributed by atoms with Crippen LogP contribution in [0.1, 0.15) is 59.6 Å². The molecule has 1 rings (SSSR count). The van der Waals surface area contributed by atoms with E-state index in [1.165, 1.54) is 6.66 Å². The summed E-state index contributed by atoms with van der Waals surface area (Å²) >= 11 is 0. The third-order valence-corrected chi connectivity index (χ3v) is 6.07. The number of phenolic OH excluding ortho intramolecular Hbond substituents is 1. The van der Waals surface area contributed by atoms with Crippen molar-refractivity contribution in [1.82, 2.24) is 0 Å². The molecular formula is C17H33CaO4P. The maximum atomic E-state index is 10.7. The molecule has 0 unspecified atom stereocenters. The average Bonchev–Trinajstić information content (AvgIpc) is 2.24. The van der Waals surface area contributed by atoms with E-state index in [4.69, 9.17) is 4.52 Å². The zero-order chi connectivity index (χ0) is 17.6. The van der Waals surface area contributed by atoms with Crippen LogP contribution in [0.25, 0.3) is 0 Å². The molecule has 3 N–H and O–H groups in total. The molecule has 0 fully saturated rings. The van der Waals surface area contributed by atoms with Crippen molar-refractivity contribution < 1.29 is 19.4 Å². The van der Waals surface area contributed by atoms with E-state index >= 15 is 0 Å². The van der Waals surface area contributed by atoms with E-state index in [2.05, 4.69) is 0 Å². The molecular weight excluding hydrogens is 339 g/mol. The second-order valence-corrected chi connectivity index (χ2v) is 11.6. The normalized spacial score (nSPS) is 14.8. The van der Waals surface area contributed by atoms with Crippen molar-refractivity contribution in [1.29, 1.82) is 0 Å². The van der Waals surface area contributed by atoms with Crippen molar-refractivity contribution in [3.63, 3.8) is 0 Å². The van der Waals surface area contributed by atoms with E-state index < -0.39 is 7.28 Å². The summed E-state index contributed by atoms with van der Waals surface area (Å²) in [5.74, 6) is 0.215. The van der Waals surface area contributed by atoms with Gasteiger partial charge in [-0.05, 0) is 0 Å². The minimum absolute atomic E-state index is 0. The van der Waals surface area contributed by atoms with Crippen LogP contribution >= 0.6 is 7.28 Å². The number of hydrogen-bond acceptors (Lipinski definition) is 4. The van der Waals surface area contributed by atoms with E-state index in [-0.39, 0.29) is 60.9 Å². The number of benzene rings is 1. The fourth-order valence-electron chi connectivity index (χ4n) is 2.44. The van der Waals surface area contributed by atoms with Crippen LogP contribution in [0.4, 0.5) is 0 Å². The van der Waals surface area contributed by atoms with Crippen LogP contribution in [-0.4, -0.2) is 65.9 Å². The summed E-state index contributed by atoms with van der Waals surface area (Å²) in [7, 11) is -4.41. The second-order valence-electron chi connectivity index (χ2n) is 8.16. The number of aromatic hydroxyl groups is 1. The summed E-state index contributed by atoms with van der Waals surface area (Å²) in [5, 5.41) is 11.0. The summed E-state index contributed by atoms with van der Waals surface area (Å²) in [6.45, 7) is 15.2. The van der Waals surface area contributed by atoms with Gasteiger partial charge in [0.25, 0.3) is 0 Å². The topological polar surface area (TPSA) is 69.9 Å². The summed E-state index contributed by atoms with van der Waals surface area (Å²) in [6, 6.07) is 3.33. The van der Waals surface area contributed by atoms with Crippen LogP contribution in [-0.2, 0) is 15.4 Å². The molecule has 132 valence electrons. The molecule has 0 saturated heterocycles. The predicted octanol–water partition coefficient (Wildman–Crippen LogP) is 2.65. The third-order valence-electron chi connectivity index (χ3n) is 3.74. The molecule has 1 aromatic carbocycles. The van der Waals surface area contributed by atoms with Crippen molar-refractivity contribution in [3.8, 4) is 5.75 Å². The first-order valence-corrected chi connectivity index (χ1v) is 10.1. The minimum atomic E-state index is -4.41. The molecule has 0 radical (unpaired) electrons. The van der Waals surface area contributed by atoms with Gasteiger partial charge in [0, 0.05) is 0 Å². The molecule has 0 aliphatic rings. The Balaban J connectivity index is 0.00000484. The molecule has 0 heterocycles. The standard InChI is InChI=1S/C17H31O4P.Ca.2H/c1-9-21-22(8,19,20)12-10-13(16(2,3)4)15(18)14(11-12)17(5,6)7;;;/h10-11,18-20H,9H2,1-8H3;;;. The van der Waals surface area contributed by atoms with Gasteiger partial charge in [0.1, 0.15) is 0 Å². The first-order valence-electron chi connectivity index (χ1n) is 7.63. The molecule has 0 bridgehead atoms. The van der Waals surface area contributed by atoms with Crippen molar-refractivity contribution in [2.24, 2.45) is 0 Å². The summed E-state index contributed by atoms with van der Waals surface area (Å²) < 4.78 is 5.34. The van der Waals surface area contributed by atoms with Crippen molar-refractivity contribution in [2.45, 2.75) is 59.3 Å². The number of hydrogen-bond donors (Lipinski definition) is 3. The van der Waals surface area contributed by atoms with Gasteiger partial charge in [-0.3, -0.25) is 0 Å². The Kier molecular flexibility index (Phi) is 7.25. The van der Waals surface area contributed by atoms with Gasteiger partial charge in [-0.1, -0.05) is 0 Å². The van der Waals surface area contributed by atoms with E-state index in [1.807, 2.05) is 41.5 Å². The van der Waals surface area contributed by atoms with Crippen LogP contribution in [0, 0.1) is 0 Å². The van der Waals surface area contributed by atoms with Crippen LogP contribution in [0.15, 0.2) is 12.1 Å². The van der Waals surface area contributed by atoms with Gasteiger partial charge in [0.15, 0.2) is 0 Å². The Morgan fingerprint density at radius 3 is 1.57 bits per heavy atom. The first kappa shape index (κ1) is 23.6. The molecule has 23 heavy (non-hydrogen) atoms. The second kappa shape index (κ2) is 7.07. The molecule has 0 amide bonds. The third kappa shape index (κ3) is 5.54. The van der Waals surface area contributed by atoms with Crippen molar-refractivity contribution in [2.75, 3.05) is 13.3 Å². The fourth-order valence-corrected chi connectivity index (χ4v) is 4.06. The zero-order valence-electron chi connectivity index (χ0n) is 15.1. The van der Waals surface area contributed by atoms with E-state index in [1.54, 1.807) is 19.1 Å². The Morgan fingerprint density at radius 1 is 0.957 bits per heavy atom. The number of rotatable bonds is 3. The molecule has 6 heteroatoms. The van der Waals surface area contributed by atoms with E-state index in [0.29, 0.717) is 16.4 Å². The molecule has 0 aromatic heterocycles. The SMILES string of the molecule is CCOP(C)(O)(O)c1cc(C(C)(C)C)c(O)c(C(C)(C)C)c1.[CaH2]. The predicted molar refractivity (Wildman–Crippen MR) is 103 cm³/mol. The van der Waals surface area contributed by atoms with Gasteiger partial charge in [0.2, 0.25) is 0 Å². The van der Waals surface area contributed by atoms with Crippen LogP contribution < -0.4 is 5.30 Å². The van der Waals surface area contributed by atoms with Crippen molar-refractivity contribution >= 4 is 50.3 Å². The van der Waals surface area contributed by atoms with E-state index in [9.17, 15) is 14.9 Å². The Bertz CT molecular complexity index is 528. The van der Waals surface area contributed by atoms with Crippen LogP contribution in [0.5, 0.6) is 5.75 Å². The van der Waals surface area contributed by atoms with E-state index in [0.717, 1.165) is 0 Å². The van der Waals surface area contributed by atoms with Gasteiger partial charge in [-0.25, -0.2) is 0 Å². The molecule has 0 saturated carbocycles. The average molecular weight is 372 g/mol. The maximum absolute atomic E-state index is 10.7. The first-order chi connectivity index (χ1) is 9.58. The molecule has 1 aromatic rings. The zero-order valence-corrected chi connectivity index (χ0v) is 16.0. The molecule has 4 nitrogen and oxygen atoms in total. The number of phenols is 1. The Morgan fingerprint density at radius 2 is 1.30 bits per heavy atom. The van der Waals surface area contributed by atoms with Crippen LogP contribution in [0.3, 0.4) is 0 Å². The van der Waals surface area contributed by atoms with Gasteiger partial charge in [0.05, 0.1) is 0 Å². The molecule has 0 aliphatic carbocycles. The quantitative estimate of drug-likeness (QED) is 0.564. The van der Waals surface area contributed by atoms with Gasteiger partial charge >= 0.3 is 171 Å². The summed E-state index contributed by atoms with van der Waals surface area (Å²) in [6.07, 6.45) is 0. The molecule has 0 aliphatic heterocycles. The van der Waals surface area contributed by atoms with Crippen LogP contribution in [0.2, 0.25) is 0 Å². The molecule has 0 spiro atoms. The Labute approximate surface area is 170 Å². The Hall–Kier alpha value is 0.590. The fraction of sp³-hybridized carbons (Fsp3) is 0.647. The molecule has 0 atom stereocenters. The van der Waals surface area contributed by atoms with Crippen molar-refractivity contribution in [3.05, 3.63) is 23.3 Å². The summed E-state index contributed by atoms with van der Waals surface area (Å²) in [5.41, 5.74) is 0.722. The van der Waals surface area contributed by atoms with Gasteiger partial charge in [-0.15, -0.1) is 0 Å². The van der Waals surface area contributed by atoms with Gasteiger partial charge < -0.3 is 0 Å². The monoisotopic (exact) mass is 372 g/mol.